The molecule has 0 fully saturated rings. The first-order chi connectivity index (χ1) is 14.9. The lowest BCUT2D eigenvalue weighted by Crippen LogP contribution is -2.37. The molecule has 0 saturated carbocycles. The van der Waals surface area contributed by atoms with Crippen molar-refractivity contribution in [2.24, 2.45) is 0 Å². The smallest absolute Gasteiger partial charge is 0.342 e. The highest BCUT2D eigenvalue weighted by Crippen LogP contribution is 2.21. The van der Waals surface area contributed by atoms with E-state index in [9.17, 15) is 14.4 Å². The molecule has 0 unspecified atom stereocenters. The topological polar surface area (TPSA) is 104 Å². The van der Waals surface area contributed by atoms with Crippen LogP contribution in [0.5, 0.6) is 0 Å². The first-order valence-corrected chi connectivity index (χ1v) is 9.72. The second kappa shape index (κ2) is 9.71. The predicted octanol–water partition coefficient (Wildman–Crippen LogP) is 2.95. The van der Waals surface area contributed by atoms with Gasteiger partial charge in [0.2, 0.25) is 5.91 Å². The number of hydrogen-bond acceptors (Lipinski definition) is 5. The first kappa shape index (κ1) is 21.8. The molecule has 2 aromatic carbocycles. The predicted molar refractivity (Wildman–Crippen MR) is 116 cm³/mol. The van der Waals surface area contributed by atoms with E-state index < -0.39 is 18.5 Å². The van der Waals surface area contributed by atoms with Crippen molar-refractivity contribution in [2.75, 3.05) is 25.5 Å². The van der Waals surface area contributed by atoms with Gasteiger partial charge in [-0.05, 0) is 25.0 Å². The zero-order valence-corrected chi connectivity index (χ0v) is 17.6. The molecule has 0 spiro atoms. The highest BCUT2D eigenvalue weighted by Gasteiger charge is 2.20. The van der Waals surface area contributed by atoms with Crippen LogP contribution in [0.25, 0.3) is 11.3 Å². The number of esters is 1. The molecule has 0 saturated heterocycles. The van der Waals surface area contributed by atoms with Crippen LogP contribution in [-0.4, -0.2) is 53.1 Å². The highest BCUT2D eigenvalue weighted by atomic mass is 16.5. The molecule has 160 valence electrons. The summed E-state index contributed by atoms with van der Waals surface area (Å²) >= 11 is 0. The molecule has 1 heterocycles. The monoisotopic (exact) mass is 420 g/mol. The summed E-state index contributed by atoms with van der Waals surface area (Å²) in [6.45, 7) is 3.16. The summed E-state index contributed by atoms with van der Waals surface area (Å²) < 4.78 is 5.15. The van der Waals surface area contributed by atoms with Crippen molar-refractivity contribution in [1.29, 1.82) is 0 Å². The molecule has 0 bridgehead atoms. The lowest BCUT2D eigenvalue weighted by Gasteiger charge is -2.18. The van der Waals surface area contributed by atoms with Gasteiger partial charge in [0.15, 0.2) is 6.61 Å². The Hall–Kier alpha value is -3.94. The Balaban J connectivity index is 1.54. The van der Waals surface area contributed by atoms with Gasteiger partial charge in [0, 0.05) is 18.3 Å². The number of amides is 2. The summed E-state index contributed by atoms with van der Waals surface area (Å²) in [5.74, 6) is -1.50. The van der Waals surface area contributed by atoms with Crippen molar-refractivity contribution in [3.05, 3.63) is 71.4 Å². The fraction of sp³-hybridized carbons (Fsp3) is 0.217. The normalized spacial score (nSPS) is 10.4. The standard InChI is InChI=1S/C23H24N4O4/c1-15-8-7-9-16(2)21(15)25-19(28)13-27(3)20(29)14-31-23(30)18-12-24-26-22(18)17-10-5-4-6-11-17/h4-12H,13-14H2,1-3H3,(H,24,26)(H,25,28). The van der Waals surface area contributed by atoms with Gasteiger partial charge in [-0.2, -0.15) is 5.10 Å². The maximum absolute atomic E-state index is 12.4. The molecule has 0 aliphatic carbocycles. The maximum Gasteiger partial charge on any atom is 0.342 e. The number of carbonyl (C=O) groups is 3. The number of rotatable bonds is 7. The van der Waals surface area contributed by atoms with Crippen LogP contribution in [-0.2, 0) is 14.3 Å². The Morgan fingerprint density at radius 3 is 2.39 bits per heavy atom. The van der Waals surface area contributed by atoms with Crippen LogP contribution in [0, 0.1) is 13.8 Å². The quantitative estimate of drug-likeness (QED) is 0.572. The van der Waals surface area contributed by atoms with Gasteiger partial charge in [-0.25, -0.2) is 4.79 Å². The molecule has 2 N–H and O–H groups in total. The minimum absolute atomic E-state index is 0.162. The van der Waals surface area contributed by atoms with Gasteiger partial charge in [0.25, 0.3) is 5.91 Å². The lowest BCUT2D eigenvalue weighted by molar-refractivity contribution is -0.136. The molecular formula is C23H24N4O4. The third kappa shape index (κ3) is 5.36. The second-order valence-electron chi connectivity index (χ2n) is 7.17. The van der Waals surface area contributed by atoms with Crippen molar-refractivity contribution < 1.29 is 19.1 Å². The fourth-order valence-electron chi connectivity index (χ4n) is 3.08. The maximum atomic E-state index is 12.4. The van der Waals surface area contributed by atoms with Gasteiger partial charge in [-0.1, -0.05) is 48.5 Å². The number of carbonyl (C=O) groups excluding carboxylic acids is 3. The minimum Gasteiger partial charge on any atom is -0.452 e. The Morgan fingerprint density at radius 1 is 1.03 bits per heavy atom. The molecule has 31 heavy (non-hydrogen) atoms. The van der Waals surface area contributed by atoms with Gasteiger partial charge in [0.1, 0.15) is 5.56 Å². The molecule has 3 rings (SSSR count). The molecule has 0 aliphatic heterocycles. The summed E-state index contributed by atoms with van der Waals surface area (Å²) in [6, 6.07) is 14.9. The van der Waals surface area contributed by atoms with Crippen molar-refractivity contribution in [1.82, 2.24) is 15.1 Å². The largest absolute Gasteiger partial charge is 0.452 e. The van der Waals surface area contributed by atoms with Crippen molar-refractivity contribution in [3.63, 3.8) is 0 Å². The average molecular weight is 420 g/mol. The Labute approximate surface area is 180 Å². The van der Waals surface area contributed by atoms with E-state index in [0.29, 0.717) is 5.69 Å². The van der Waals surface area contributed by atoms with Crippen LogP contribution < -0.4 is 5.32 Å². The van der Waals surface area contributed by atoms with Crippen molar-refractivity contribution >= 4 is 23.5 Å². The Bertz CT molecular complexity index is 1070. The summed E-state index contributed by atoms with van der Waals surface area (Å²) in [5, 5.41) is 9.50. The Kier molecular flexibility index (Phi) is 6.81. The van der Waals surface area contributed by atoms with E-state index >= 15 is 0 Å². The number of anilines is 1. The lowest BCUT2D eigenvalue weighted by atomic mass is 10.1. The van der Waals surface area contributed by atoms with Gasteiger partial charge in [0.05, 0.1) is 18.4 Å². The summed E-state index contributed by atoms with van der Waals surface area (Å²) in [5.41, 5.74) is 4.12. The van der Waals surface area contributed by atoms with Gasteiger partial charge in [-0.15, -0.1) is 0 Å². The highest BCUT2D eigenvalue weighted by molar-refractivity contribution is 5.98. The van der Waals surface area contributed by atoms with E-state index in [1.807, 2.05) is 62.4 Å². The van der Waals surface area contributed by atoms with Crippen LogP contribution >= 0.6 is 0 Å². The first-order valence-electron chi connectivity index (χ1n) is 9.72. The Morgan fingerprint density at radius 2 is 1.71 bits per heavy atom. The van der Waals surface area contributed by atoms with Crippen LogP contribution in [0.3, 0.4) is 0 Å². The molecule has 8 nitrogen and oxygen atoms in total. The molecule has 0 radical (unpaired) electrons. The number of aromatic nitrogens is 2. The summed E-state index contributed by atoms with van der Waals surface area (Å²) in [4.78, 5) is 38.3. The zero-order valence-electron chi connectivity index (χ0n) is 17.6. The molecule has 0 aliphatic rings. The molecule has 0 atom stereocenters. The molecule has 1 aromatic heterocycles. The number of aryl methyl sites for hydroxylation is 2. The number of aromatic amines is 1. The third-order valence-electron chi connectivity index (χ3n) is 4.80. The SMILES string of the molecule is Cc1cccc(C)c1NC(=O)CN(C)C(=O)COC(=O)c1cn[nH]c1-c1ccccc1. The number of para-hydroxylation sites is 1. The fourth-order valence-corrected chi connectivity index (χ4v) is 3.08. The van der Waals surface area contributed by atoms with E-state index in [2.05, 4.69) is 15.5 Å². The van der Waals surface area contributed by atoms with Gasteiger partial charge in [-0.3, -0.25) is 14.7 Å². The molecule has 8 heteroatoms. The number of nitrogens with zero attached hydrogens (tertiary/aromatic N) is 2. The number of ether oxygens (including phenoxy) is 1. The molecule has 3 aromatic rings. The number of H-pyrrole nitrogens is 1. The van der Waals surface area contributed by atoms with E-state index in [1.165, 1.54) is 18.1 Å². The van der Waals surface area contributed by atoms with Crippen LogP contribution in [0.4, 0.5) is 5.69 Å². The zero-order chi connectivity index (χ0) is 22.4. The number of likely N-dealkylation sites (N-methyl/N-ethyl adjacent to an activating group) is 1. The van der Waals surface area contributed by atoms with E-state index in [-0.39, 0.29) is 18.0 Å². The number of benzene rings is 2. The van der Waals surface area contributed by atoms with E-state index in [1.54, 1.807) is 0 Å². The van der Waals surface area contributed by atoms with E-state index in [4.69, 9.17) is 4.74 Å². The molecule has 2 amide bonds. The number of nitrogens with one attached hydrogen (secondary N) is 2. The second-order valence-corrected chi connectivity index (χ2v) is 7.17. The average Bonchev–Trinajstić information content (AvgIpc) is 3.25. The van der Waals surface area contributed by atoms with Crippen molar-refractivity contribution in [2.45, 2.75) is 13.8 Å². The van der Waals surface area contributed by atoms with Crippen LogP contribution in [0.1, 0.15) is 21.5 Å². The van der Waals surface area contributed by atoms with Crippen LogP contribution in [0.2, 0.25) is 0 Å². The summed E-state index contributed by atoms with van der Waals surface area (Å²) in [7, 11) is 1.48. The molecular weight excluding hydrogens is 396 g/mol. The van der Waals surface area contributed by atoms with Crippen LogP contribution in [0.15, 0.2) is 54.7 Å². The van der Waals surface area contributed by atoms with Crippen molar-refractivity contribution in [3.8, 4) is 11.3 Å². The third-order valence-corrected chi connectivity index (χ3v) is 4.80. The minimum atomic E-state index is -0.672. The number of hydrogen-bond donors (Lipinski definition) is 2. The van der Waals surface area contributed by atoms with E-state index in [0.717, 1.165) is 22.4 Å². The van der Waals surface area contributed by atoms with Gasteiger partial charge >= 0.3 is 5.97 Å². The summed E-state index contributed by atoms with van der Waals surface area (Å²) in [6.07, 6.45) is 1.36. The van der Waals surface area contributed by atoms with Gasteiger partial charge < -0.3 is 15.0 Å².